The molecular formula is C22H28FN. The van der Waals surface area contributed by atoms with Crippen LogP contribution in [0.4, 0.5) is 4.39 Å². The summed E-state index contributed by atoms with van der Waals surface area (Å²) in [5.41, 5.74) is 1.26. The van der Waals surface area contributed by atoms with Crippen molar-refractivity contribution in [3.05, 3.63) is 71.8 Å². The Morgan fingerprint density at radius 1 is 0.792 bits per heavy atom. The van der Waals surface area contributed by atoms with Crippen molar-refractivity contribution in [2.45, 2.75) is 50.7 Å². The van der Waals surface area contributed by atoms with Gasteiger partial charge in [-0.15, -0.1) is 0 Å². The van der Waals surface area contributed by atoms with Gasteiger partial charge in [0.25, 0.3) is 0 Å². The zero-order chi connectivity index (χ0) is 16.7. The van der Waals surface area contributed by atoms with E-state index in [9.17, 15) is 0 Å². The maximum atomic E-state index is 15.8. The van der Waals surface area contributed by atoms with Gasteiger partial charge < -0.3 is 0 Å². The van der Waals surface area contributed by atoms with E-state index in [1.54, 1.807) is 0 Å². The molecule has 0 radical (unpaired) electrons. The summed E-state index contributed by atoms with van der Waals surface area (Å²) in [6, 6.07) is 20.6. The van der Waals surface area contributed by atoms with Gasteiger partial charge in [0.15, 0.2) is 0 Å². The molecule has 1 heterocycles. The van der Waals surface area contributed by atoms with Gasteiger partial charge in [-0.2, -0.15) is 0 Å². The molecule has 24 heavy (non-hydrogen) atoms. The Bertz CT molecular complexity index is 598. The summed E-state index contributed by atoms with van der Waals surface area (Å²) in [6.07, 6.45) is 5.75. The second-order valence-corrected chi connectivity index (χ2v) is 7.17. The Balaban J connectivity index is 1.73. The molecule has 0 N–H and O–H groups in total. The first kappa shape index (κ1) is 17.2. The van der Waals surface area contributed by atoms with Crippen molar-refractivity contribution in [3.63, 3.8) is 0 Å². The van der Waals surface area contributed by atoms with Crippen molar-refractivity contribution in [2.75, 3.05) is 13.1 Å². The Labute approximate surface area is 145 Å². The maximum absolute atomic E-state index is 15.8. The van der Waals surface area contributed by atoms with Crippen LogP contribution in [0.1, 0.15) is 43.2 Å². The zero-order valence-electron chi connectivity index (χ0n) is 14.5. The number of nitrogens with zero attached hydrogens (tertiary/aromatic N) is 1. The molecule has 0 aliphatic carbocycles. The molecule has 2 aromatic rings. The normalized spacial score (nSPS) is 23.2. The average molecular weight is 325 g/mol. The van der Waals surface area contributed by atoms with Gasteiger partial charge in [-0.05, 0) is 30.5 Å². The van der Waals surface area contributed by atoms with Crippen molar-refractivity contribution >= 4 is 0 Å². The molecule has 0 aromatic heterocycles. The predicted octanol–water partition coefficient (Wildman–Crippen LogP) is 5.40. The molecule has 1 nitrogen and oxygen atoms in total. The van der Waals surface area contributed by atoms with Crippen LogP contribution < -0.4 is 0 Å². The third-order valence-electron chi connectivity index (χ3n) is 4.97. The lowest BCUT2D eigenvalue weighted by Crippen LogP contribution is -2.41. The van der Waals surface area contributed by atoms with Crippen LogP contribution in [0.3, 0.4) is 0 Å². The Morgan fingerprint density at radius 3 is 2.12 bits per heavy atom. The van der Waals surface area contributed by atoms with E-state index in [0.717, 1.165) is 31.5 Å². The highest BCUT2D eigenvalue weighted by Crippen LogP contribution is 2.29. The van der Waals surface area contributed by atoms with Crippen LogP contribution in [-0.4, -0.2) is 23.7 Å². The summed E-state index contributed by atoms with van der Waals surface area (Å²) in [7, 11) is 0. The Hall–Kier alpha value is -1.67. The van der Waals surface area contributed by atoms with Gasteiger partial charge in [0.1, 0.15) is 5.67 Å². The molecular weight excluding hydrogens is 297 g/mol. The van der Waals surface area contributed by atoms with E-state index in [4.69, 9.17) is 0 Å². The fraction of sp³-hybridized carbons (Fsp3) is 0.455. The van der Waals surface area contributed by atoms with E-state index in [2.05, 4.69) is 41.3 Å². The SMILES string of the molecule is FC1(Cc2ccccc2)CCCCCCN(Cc2ccccc2)C1. The maximum Gasteiger partial charge on any atom is 0.127 e. The third kappa shape index (κ3) is 5.17. The minimum atomic E-state index is -1.12. The predicted molar refractivity (Wildman–Crippen MR) is 98.8 cm³/mol. The van der Waals surface area contributed by atoms with Crippen molar-refractivity contribution < 1.29 is 4.39 Å². The summed E-state index contributed by atoms with van der Waals surface area (Å²) in [5.74, 6) is 0. The largest absolute Gasteiger partial charge is 0.296 e. The fourth-order valence-electron chi connectivity index (χ4n) is 3.77. The van der Waals surface area contributed by atoms with E-state index < -0.39 is 5.67 Å². The summed E-state index contributed by atoms with van der Waals surface area (Å²) >= 11 is 0. The van der Waals surface area contributed by atoms with Crippen LogP contribution in [0.25, 0.3) is 0 Å². The van der Waals surface area contributed by atoms with Crippen molar-refractivity contribution in [1.82, 2.24) is 4.90 Å². The molecule has 3 rings (SSSR count). The average Bonchev–Trinajstić information content (AvgIpc) is 2.67. The van der Waals surface area contributed by atoms with Gasteiger partial charge in [-0.1, -0.05) is 79.9 Å². The lowest BCUT2D eigenvalue weighted by molar-refractivity contribution is 0.0807. The van der Waals surface area contributed by atoms with Gasteiger partial charge in [-0.25, -0.2) is 4.39 Å². The van der Waals surface area contributed by atoms with Crippen molar-refractivity contribution in [3.8, 4) is 0 Å². The van der Waals surface area contributed by atoms with Gasteiger partial charge in [0.2, 0.25) is 0 Å². The molecule has 1 aliphatic heterocycles. The quantitative estimate of drug-likeness (QED) is 0.727. The molecule has 0 amide bonds. The minimum Gasteiger partial charge on any atom is -0.296 e. The summed E-state index contributed by atoms with van der Waals surface area (Å²) < 4.78 is 15.8. The van der Waals surface area contributed by atoms with E-state index in [1.807, 2.05) is 24.3 Å². The summed E-state index contributed by atoms with van der Waals surface area (Å²) in [6.45, 7) is 2.38. The van der Waals surface area contributed by atoms with Crippen LogP contribution in [-0.2, 0) is 13.0 Å². The van der Waals surface area contributed by atoms with Crippen LogP contribution >= 0.6 is 0 Å². The lowest BCUT2D eigenvalue weighted by atomic mass is 9.90. The number of hydrogen-bond donors (Lipinski definition) is 0. The van der Waals surface area contributed by atoms with E-state index >= 15 is 4.39 Å². The van der Waals surface area contributed by atoms with Crippen LogP contribution in [0, 0.1) is 0 Å². The van der Waals surface area contributed by atoms with Gasteiger partial charge in [0.05, 0.1) is 0 Å². The van der Waals surface area contributed by atoms with Crippen LogP contribution in [0.2, 0.25) is 0 Å². The van der Waals surface area contributed by atoms with Crippen LogP contribution in [0.5, 0.6) is 0 Å². The lowest BCUT2D eigenvalue weighted by Gasteiger charge is -2.32. The van der Waals surface area contributed by atoms with Gasteiger partial charge in [0, 0.05) is 19.5 Å². The summed E-state index contributed by atoms with van der Waals surface area (Å²) in [5, 5.41) is 0. The number of alkyl halides is 1. The standard InChI is InChI=1S/C22H28FN/c23-22(17-20-11-5-3-6-12-20)15-9-1-2-10-16-24(19-22)18-21-13-7-4-8-14-21/h3-8,11-14H,1-2,9-10,15-19H2. The highest BCUT2D eigenvalue weighted by molar-refractivity contribution is 5.18. The molecule has 128 valence electrons. The topological polar surface area (TPSA) is 3.24 Å². The molecule has 1 fully saturated rings. The fourth-order valence-corrected chi connectivity index (χ4v) is 3.77. The number of halogens is 1. The van der Waals surface area contributed by atoms with E-state index in [0.29, 0.717) is 19.4 Å². The molecule has 1 saturated heterocycles. The van der Waals surface area contributed by atoms with Crippen LogP contribution in [0.15, 0.2) is 60.7 Å². The van der Waals surface area contributed by atoms with Crippen molar-refractivity contribution in [2.24, 2.45) is 0 Å². The molecule has 0 spiro atoms. The third-order valence-corrected chi connectivity index (χ3v) is 4.97. The Kier molecular flexibility index (Phi) is 6.03. The number of hydrogen-bond acceptors (Lipinski definition) is 1. The smallest absolute Gasteiger partial charge is 0.127 e. The Morgan fingerprint density at radius 2 is 1.42 bits per heavy atom. The monoisotopic (exact) mass is 325 g/mol. The minimum absolute atomic E-state index is 0.527. The second-order valence-electron chi connectivity index (χ2n) is 7.17. The highest BCUT2D eigenvalue weighted by atomic mass is 19.1. The molecule has 0 saturated carbocycles. The van der Waals surface area contributed by atoms with Crippen molar-refractivity contribution in [1.29, 1.82) is 0 Å². The second kappa shape index (κ2) is 8.43. The highest BCUT2D eigenvalue weighted by Gasteiger charge is 2.32. The van der Waals surface area contributed by atoms with E-state index in [-0.39, 0.29) is 0 Å². The first-order valence-electron chi connectivity index (χ1n) is 9.23. The summed E-state index contributed by atoms with van der Waals surface area (Å²) in [4.78, 5) is 2.32. The van der Waals surface area contributed by atoms with Gasteiger partial charge >= 0.3 is 0 Å². The molecule has 1 aliphatic rings. The molecule has 1 unspecified atom stereocenters. The van der Waals surface area contributed by atoms with E-state index in [1.165, 1.54) is 18.4 Å². The molecule has 2 heteroatoms. The number of rotatable bonds is 4. The van der Waals surface area contributed by atoms with Gasteiger partial charge in [-0.3, -0.25) is 4.90 Å². The zero-order valence-corrected chi connectivity index (χ0v) is 14.5. The molecule has 2 aromatic carbocycles. The first-order chi connectivity index (χ1) is 11.7. The molecule has 0 bridgehead atoms. The first-order valence-corrected chi connectivity index (χ1v) is 9.23. The molecule has 1 atom stereocenters. The number of benzene rings is 2.